The molecule has 0 amide bonds. The number of thioether (sulfide) groups is 1. The molecule has 5 heteroatoms. The van der Waals surface area contributed by atoms with Crippen molar-refractivity contribution in [3.05, 3.63) is 58.5 Å². The number of hydrogen-bond donors (Lipinski definition) is 0. The highest BCUT2D eigenvalue weighted by Crippen LogP contribution is 2.41. The second-order valence-corrected chi connectivity index (χ2v) is 5.88. The number of benzene rings is 2. The summed E-state index contributed by atoms with van der Waals surface area (Å²) in [7, 11) is 1.54. The molecule has 0 saturated carbocycles. The minimum atomic E-state index is -0.0412. The largest absolute Gasteiger partial charge is 0.493 e. The number of nitriles is 1. The van der Waals surface area contributed by atoms with Gasteiger partial charge in [-0.05, 0) is 35.9 Å². The van der Waals surface area contributed by atoms with E-state index in [2.05, 4.69) is 0 Å². The Hall–Kier alpha value is -2.71. The SMILES string of the molecule is COc1cc(/C=C2\Sc3ccccc3C2=O)ccc1OCC#N. The van der Waals surface area contributed by atoms with E-state index in [0.29, 0.717) is 16.4 Å². The minimum Gasteiger partial charge on any atom is -0.493 e. The Morgan fingerprint density at radius 2 is 2.04 bits per heavy atom. The summed E-state index contributed by atoms with van der Waals surface area (Å²) in [5.41, 5.74) is 1.58. The Labute approximate surface area is 138 Å². The molecule has 0 aromatic heterocycles. The predicted molar refractivity (Wildman–Crippen MR) is 88.7 cm³/mol. The zero-order chi connectivity index (χ0) is 16.2. The maximum absolute atomic E-state index is 12.4. The fraction of sp³-hybridized carbons (Fsp3) is 0.111. The van der Waals surface area contributed by atoms with Crippen molar-refractivity contribution in [1.29, 1.82) is 5.26 Å². The van der Waals surface area contributed by atoms with Gasteiger partial charge in [0.25, 0.3) is 0 Å². The van der Waals surface area contributed by atoms with Crippen molar-refractivity contribution in [3.8, 4) is 17.6 Å². The molecule has 0 atom stereocenters. The number of carbonyl (C=O) groups is 1. The van der Waals surface area contributed by atoms with Gasteiger partial charge in [0.2, 0.25) is 5.78 Å². The summed E-state index contributed by atoms with van der Waals surface area (Å²) in [5, 5.41) is 8.58. The lowest BCUT2D eigenvalue weighted by atomic mass is 10.1. The zero-order valence-corrected chi connectivity index (χ0v) is 13.2. The van der Waals surface area contributed by atoms with Crippen LogP contribution in [0.4, 0.5) is 0 Å². The lowest BCUT2D eigenvalue weighted by Crippen LogP contribution is -1.97. The Balaban J connectivity index is 1.89. The van der Waals surface area contributed by atoms with Crippen LogP contribution in [0.25, 0.3) is 6.08 Å². The van der Waals surface area contributed by atoms with E-state index < -0.39 is 0 Å². The quantitative estimate of drug-likeness (QED) is 0.798. The van der Waals surface area contributed by atoms with Gasteiger partial charge < -0.3 is 9.47 Å². The van der Waals surface area contributed by atoms with Crippen molar-refractivity contribution in [2.24, 2.45) is 0 Å². The van der Waals surface area contributed by atoms with Crippen LogP contribution >= 0.6 is 11.8 Å². The van der Waals surface area contributed by atoms with Gasteiger partial charge in [-0.15, -0.1) is 0 Å². The van der Waals surface area contributed by atoms with Gasteiger partial charge in [0, 0.05) is 10.5 Å². The first-order valence-corrected chi connectivity index (χ1v) is 7.75. The summed E-state index contributed by atoms with van der Waals surface area (Å²) in [5.74, 6) is 1.07. The molecule has 0 spiro atoms. The number of methoxy groups -OCH3 is 1. The van der Waals surface area contributed by atoms with Crippen LogP contribution in [0.15, 0.2) is 52.3 Å². The smallest absolute Gasteiger partial charge is 0.200 e. The van der Waals surface area contributed by atoms with Crippen LogP contribution in [0.1, 0.15) is 15.9 Å². The van der Waals surface area contributed by atoms with Crippen LogP contribution in [0, 0.1) is 11.3 Å². The topological polar surface area (TPSA) is 59.3 Å². The molecule has 2 aromatic rings. The van der Waals surface area contributed by atoms with Crippen LogP contribution < -0.4 is 9.47 Å². The second-order valence-electron chi connectivity index (χ2n) is 4.79. The predicted octanol–water partition coefficient (Wildman–Crippen LogP) is 3.93. The van der Waals surface area contributed by atoms with Gasteiger partial charge in [0.1, 0.15) is 6.07 Å². The molecule has 114 valence electrons. The van der Waals surface area contributed by atoms with Crippen LogP contribution in [-0.4, -0.2) is 19.5 Å². The second kappa shape index (κ2) is 6.59. The molecule has 0 radical (unpaired) electrons. The number of allylic oxidation sites excluding steroid dienone is 1. The third-order valence-electron chi connectivity index (χ3n) is 3.35. The number of nitrogens with zero attached hydrogens (tertiary/aromatic N) is 1. The Morgan fingerprint density at radius 1 is 1.22 bits per heavy atom. The minimum absolute atomic E-state index is 0.0365. The summed E-state index contributed by atoms with van der Waals surface area (Å²) in [6.07, 6.45) is 1.84. The molecule has 0 bridgehead atoms. The number of hydrogen-bond acceptors (Lipinski definition) is 5. The molecule has 1 aliphatic heterocycles. The van der Waals surface area contributed by atoms with E-state index in [9.17, 15) is 4.79 Å². The van der Waals surface area contributed by atoms with Crippen LogP contribution in [0.2, 0.25) is 0 Å². The zero-order valence-electron chi connectivity index (χ0n) is 12.4. The average molecular weight is 323 g/mol. The molecule has 0 unspecified atom stereocenters. The summed E-state index contributed by atoms with van der Waals surface area (Å²) in [4.78, 5) is 14.0. The van der Waals surface area contributed by atoms with E-state index >= 15 is 0 Å². The molecule has 3 rings (SSSR count). The van der Waals surface area contributed by atoms with Crippen molar-refractivity contribution in [2.75, 3.05) is 13.7 Å². The lowest BCUT2D eigenvalue weighted by molar-refractivity contribution is 0.104. The van der Waals surface area contributed by atoms with Crippen molar-refractivity contribution >= 4 is 23.6 Å². The highest BCUT2D eigenvalue weighted by Gasteiger charge is 2.25. The molecule has 1 heterocycles. The first-order valence-electron chi connectivity index (χ1n) is 6.94. The molecule has 2 aromatic carbocycles. The maximum atomic E-state index is 12.4. The first-order chi connectivity index (χ1) is 11.2. The number of fused-ring (bicyclic) bond motifs is 1. The van der Waals surface area contributed by atoms with E-state index in [0.717, 1.165) is 16.0 Å². The molecule has 0 aliphatic carbocycles. The third-order valence-corrected chi connectivity index (χ3v) is 4.45. The third kappa shape index (κ3) is 3.08. The molecule has 23 heavy (non-hydrogen) atoms. The summed E-state index contributed by atoms with van der Waals surface area (Å²) < 4.78 is 10.6. The molecule has 1 aliphatic rings. The Kier molecular flexibility index (Phi) is 4.35. The Bertz CT molecular complexity index is 836. The van der Waals surface area contributed by atoms with Crippen LogP contribution in [0.5, 0.6) is 11.5 Å². The molecular formula is C18H13NO3S. The van der Waals surface area contributed by atoms with Gasteiger partial charge in [-0.25, -0.2) is 0 Å². The number of ether oxygens (including phenoxy) is 2. The molecule has 0 fully saturated rings. The van der Waals surface area contributed by atoms with E-state index in [4.69, 9.17) is 14.7 Å². The Morgan fingerprint density at radius 3 is 2.78 bits per heavy atom. The standard InChI is InChI=1S/C18H13NO3S/c1-21-15-10-12(6-7-14(15)22-9-8-19)11-17-18(20)13-4-2-3-5-16(13)23-17/h2-7,10-11H,9H2,1H3/b17-11-. The van der Waals surface area contributed by atoms with Crippen molar-refractivity contribution in [2.45, 2.75) is 4.90 Å². The van der Waals surface area contributed by atoms with Gasteiger partial charge in [0.15, 0.2) is 18.1 Å². The maximum Gasteiger partial charge on any atom is 0.200 e. The normalized spacial score (nSPS) is 14.4. The summed E-state index contributed by atoms with van der Waals surface area (Å²) in [6, 6.07) is 14.8. The van der Waals surface area contributed by atoms with Crippen molar-refractivity contribution in [3.63, 3.8) is 0 Å². The van der Waals surface area contributed by atoms with E-state index in [1.54, 1.807) is 12.1 Å². The fourth-order valence-electron chi connectivity index (χ4n) is 2.29. The van der Waals surface area contributed by atoms with Gasteiger partial charge in [-0.2, -0.15) is 5.26 Å². The molecule has 4 nitrogen and oxygen atoms in total. The van der Waals surface area contributed by atoms with Gasteiger partial charge >= 0.3 is 0 Å². The van der Waals surface area contributed by atoms with E-state index in [1.807, 2.05) is 42.5 Å². The highest BCUT2D eigenvalue weighted by atomic mass is 32.2. The van der Waals surface area contributed by atoms with Crippen LogP contribution in [-0.2, 0) is 0 Å². The van der Waals surface area contributed by atoms with Gasteiger partial charge in [0.05, 0.1) is 12.0 Å². The van der Waals surface area contributed by atoms with E-state index in [1.165, 1.54) is 18.9 Å². The summed E-state index contributed by atoms with van der Waals surface area (Å²) >= 11 is 1.47. The number of ketones is 1. The van der Waals surface area contributed by atoms with Gasteiger partial charge in [-0.1, -0.05) is 30.0 Å². The number of carbonyl (C=O) groups excluding carboxylic acids is 1. The average Bonchev–Trinajstić information content (AvgIpc) is 2.90. The van der Waals surface area contributed by atoms with E-state index in [-0.39, 0.29) is 12.4 Å². The monoisotopic (exact) mass is 323 g/mol. The number of rotatable bonds is 4. The summed E-state index contributed by atoms with van der Waals surface area (Å²) in [6.45, 7) is -0.0412. The number of Topliss-reactive ketones (excluding diaryl/α,β-unsaturated/α-hetero) is 1. The lowest BCUT2D eigenvalue weighted by Gasteiger charge is -2.09. The molecular weight excluding hydrogens is 310 g/mol. The fourth-order valence-corrected chi connectivity index (χ4v) is 3.34. The van der Waals surface area contributed by atoms with Crippen molar-refractivity contribution < 1.29 is 14.3 Å². The molecule has 0 saturated heterocycles. The highest BCUT2D eigenvalue weighted by molar-refractivity contribution is 8.04. The van der Waals surface area contributed by atoms with Gasteiger partial charge in [-0.3, -0.25) is 4.79 Å². The van der Waals surface area contributed by atoms with Crippen LogP contribution in [0.3, 0.4) is 0 Å². The first kappa shape index (κ1) is 15.2. The molecule has 0 N–H and O–H groups in total. The van der Waals surface area contributed by atoms with Crippen molar-refractivity contribution in [1.82, 2.24) is 0 Å².